The van der Waals surface area contributed by atoms with Crippen LogP contribution in [0.1, 0.15) is 6.42 Å². The number of likely N-dealkylation sites (tertiary alicyclic amines) is 1. The molecule has 1 heterocycles. The second kappa shape index (κ2) is 3.91. The van der Waals surface area contributed by atoms with E-state index in [9.17, 15) is 5.11 Å². The molecular formula is C7H14NO2. The number of hydrogen-bond donors (Lipinski definition) is 0. The summed E-state index contributed by atoms with van der Waals surface area (Å²) in [6.45, 7) is 3.02. The summed E-state index contributed by atoms with van der Waals surface area (Å²) in [4.78, 5) is 2.24. The van der Waals surface area contributed by atoms with Crippen LogP contribution in [0.4, 0.5) is 0 Å². The van der Waals surface area contributed by atoms with Gasteiger partial charge in [0.2, 0.25) is 0 Å². The van der Waals surface area contributed by atoms with Crippen molar-refractivity contribution < 1.29 is 9.84 Å². The van der Waals surface area contributed by atoms with Crippen LogP contribution >= 0.6 is 0 Å². The molecule has 3 nitrogen and oxygen atoms in total. The van der Waals surface area contributed by atoms with Crippen LogP contribution in [0, 0.1) is 0 Å². The first-order valence-corrected chi connectivity index (χ1v) is 3.70. The fourth-order valence-electron chi connectivity index (χ4n) is 1.14. The van der Waals surface area contributed by atoms with Crippen molar-refractivity contribution in [1.82, 2.24) is 4.90 Å². The van der Waals surface area contributed by atoms with Crippen LogP contribution in [-0.2, 0) is 9.84 Å². The van der Waals surface area contributed by atoms with Crippen LogP contribution in [0.15, 0.2) is 0 Å². The van der Waals surface area contributed by atoms with E-state index in [-0.39, 0.29) is 6.61 Å². The van der Waals surface area contributed by atoms with E-state index >= 15 is 0 Å². The molecular weight excluding hydrogens is 130 g/mol. The zero-order valence-electron chi connectivity index (χ0n) is 6.38. The summed E-state index contributed by atoms with van der Waals surface area (Å²) in [5, 5.41) is 10.1. The smallest absolute Gasteiger partial charge is 0.0834 e. The second-order valence-corrected chi connectivity index (χ2v) is 2.67. The highest BCUT2D eigenvalue weighted by atomic mass is 16.5. The summed E-state index contributed by atoms with van der Waals surface area (Å²) in [5.74, 6) is 0. The van der Waals surface area contributed by atoms with Crippen molar-refractivity contribution in [1.29, 1.82) is 0 Å². The Kier molecular flexibility index (Phi) is 3.12. The Labute approximate surface area is 61.6 Å². The van der Waals surface area contributed by atoms with Gasteiger partial charge in [0, 0.05) is 26.7 Å². The third-order valence-electron chi connectivity index (χ3n) is 1.88. The zero-order valence-corrected chi connectivity index (χ0v) is 6.38. The molecule has 10 heavy (non-hydrogen) atoms. The van der Waals surface area contributed by atoms with Gasteiger partial charge in [-0.15, -0.1) is 0 Å². The van der Waals surface area contributed by atoms with Gasteiger partial charge in [-0.25, -0.2) is 5.11 Å². The molecule has 1 aliphatic heterocycles. The number of hydrogen-bond acceptors (Lipinski definition) is 2. The Balaban J connectivity index is 1.93. The Morgan fingerprint density at radius 3 is 2.80 bits per heavy atom. The molecule has 0 aromatic rings. The molecule has 1 radical (unpaired) electrons. The van der Waals surface area contributed by atoms with Crippen molar-refractivity contribution in [2.45, 2.75) is 12.5 Å². The van der Waals surface area contributed by atoms with Crippen LogP contribution in [0.3, 0.4) is 0 Å². The summed E-state index contributed by atoms with van der Waals surface area (Å²) in [7, 11) is 1.73. The minimum atomic E-state index is 0.0498. The average Bonchev–Trinajstić information content (AvgIpc) is 1.86. The number of nitrogens with zero attached hydrogens (tertiary/aromatic N) is 1. The zero-order chi connectivity index (χ0) is 7.40. The number of methoxy groups -OCH3 is 1. The minimum Gasteiger partial charge on any atom is -0.379 e. The fraction of sp³-hybridized carbons (Fsp3) is 1.00. The highest BCUT2D eigenvalue weighted by Crippen LogP contribution is 2.09. The van der Waals surface area contributed by atoms with E-state index in [2.05, 4.69) is 4.90 Å². The van der Waals surface area contributed by atoms with E-state index in [0.29, 0.717) is 6.10 Å². The first kappa shape index (κ1) is 7.98. The van der Waals surface area contributed by atoms with E-state index < -0.39 is 0 Å². The lowest BCUT2D eigenvalue weighted by Crippen LogP contribution is -2.51. The Morgan fingerprint density at radius 1 is 1.60 bits per heavy atom. The maximum absolute atomic E-state index is 10.1. The van der Waals surface area contributed by atoms with Crippen LogP contribution < -0.4 is 0 Å². The molecule has 0 unspecified atom stereocenters. The van der Waals surface area contributed by atoms with Gasteiger partial charge in [0.15, 0.2) is 0 Å². The monoisotopic (exact) mass is 144 g/mol. The maximum atomic E-state index is 10.1. The van der Waals surface area contributed by atoms with Gasteiger partial charge in [-0.3, -0.25) is 4.90 Å². The summed E-state index contributed by atoms with van der Waals surface area (Å²) in [5.41, 5.74) is 0. The summed E-state index contributed by atoms with van der Waals surface area (Å²) in [6.07, 6.45) is 1.20. The van der Waals surface area contributed by atoms with E-state index in [1.165, 1.54) is 0 Å². The molecule has 1 saturated heterocycles. The molecule has 0 atom stereocenters. The van der Waals surface area contributed by atoms with Gasteiger partial charge < -0.3 is 4.74 Å². The Hall–Kier alpha value is -0.120. The summed E-state index contributed by atoms with van der Waals surface area (Å²) >= 11 is 0. The van der Waals surface area contributed by atoms with Crippen LogP contribution in [0.5, 0.6) is 0 Å². The maximum Gasteiger partial charge on any atom is 0.0834 e. The first-order chi connectivity index (χ1) is 4.86. The third-order valence-corrected chi connectivity index (χ3v) is 1.88. The standard InChI is InChI=1S/C7H14NO2/c1-10-7-5-8(6-7)3-2-4-9/h7H,2-6H2,1H3. The fourth-order valence-corrected chi connectivity index (χ4v) is 1.14. The van der Waals surface area contributed by atoms with Gasteiger partial charge in [0.1, 0.15) is 0 Å². The molecule has 1 rings (SSSR count). The van der Waals surface area contributed by atoms with Crippen molar-refractivity contribution in [3.63, 3.8) is 0 Å². The van der Waals surface area contributed by atoms with Crippen molar-refractivity contribution in [2.75, 3.05) is 33.4 Å². The Bertz CT molecular complexity index is 88.9. The topological polar surface area (TPSA) is 32.4 Å². The highest BCUT2D eigenvalue weighted by molar-refractivity contribution is 4.79. The van der Waals surface area contributed by atoms with Gasteiger partial charge in [-0.2, -0.15) is 0 Å². The van der Waals surface area contributed by atoms with Crippen LogP contribution in [-0.4, -0.2) is 44.4 Å². The summed E-state index contributed by atoms with van der Waals surface area (Å²) < 4.78 is 5.08. The van der Waals surface area contributed by atoms with Crippen LogP contribution in [0.2, 0.25) is 0 Å². The lowest BCUT2D eigenvalue weighted by Gasteiger charge is -2.37. The largest absolute Gasteiger partial charge is 0.379 e. The predicted octanol–water partition coefficient (Wildman–Crippen LogP) is 0.138. The first-order valence-electron chi connectivity index (χ1n) is 3.70. The van der Waals surface area contributed by atoms with Crippen LogP contribution in [0.25, 0.3) is 0 Å². The van der Waals surface area contributed by atoms with Gasteiger partial charge in [0.05, 0.1) is 12.7 Å². The molecule has 0 aromatic carbocycles. The van der Waals surface area contributed by atoms with Gasteiger partial charge in [0.25, 0.3) is 0 Å². The van der Waals surface area contributed by atoms with E-state index in [1.54, 1.807) is 7.11 Å². The van der Waals surface area contributed by atoms with Crippen molar-refractivity contribution >= 4 is 0 Å². The minimum absolute atomic E-state index is 0.0498. The van der Waals surface area contributed by atoms with E-state index in [4.69, 9.17) is 4.74 Å². The molecule has 1 aliphatic rings. The van der Waals surface area contributed by atoms with Gasteiger partial charge >= 0.3 is 0 Å². The molecule has 0 bridgehead atoms. The second-order valence-electron chi connectivity index (χ2n) is 2.67. The molecule has 59 valence electrons. The molecule has 0 aliphatic carbocycles. The van der Waals surface area contributed by atoms with Gasteiger partial charge in [-0.1, -0.05) is 0 Å². The summed E-state index contributed by atoms with van der Waals surface area (Å²) in [6, 6.07) is 0. The van der Waals surface area contributed by atoms with Gasteiger partial charge in [-0.05, 0) is 6.42 Å². The normalized spacial score (nSPS) is 21.0. The highest BCUT2D eigenvalue weighted by Gasteiger charge is 2.24. The van der Waals surface area contributed by atoms with Crippen molar-refractivity contribution in [2.24, 2.45) is 0 Å². The molecule has 0 aromatic heterocycles. The van der Waals surface area contributed by atoms with Crippen molar-refractivity contribution in [3.8, 4) is 0 Å². The number of ether oxygens (including phenoxy) is 1. The number of rotatable bonds is 4. The molecule has 0 amide bonds. The molecule has 0 N–H and O–H groups in total. The lowest BCUT2D eigenvalue weighted by molar-refractivity contribution is -0.0320. The Morgan fingerprint density at radius 2 is 2.30 bits per heavy atom. The molecule has 0 spiro atoms. The predicted molar refractivity (Wildman–Crippen MR) is 37.4 cm³/mol. The lowest BCUT2D eigenvalue weighted by atomic mass is 10.1. The molecule has 3 heteroatoms. The van der Waals surface area contributed by atoms with E-state index in [0.717, 1.165) is 26.1 Å². The quantitative estimate of drug-likeness (QED) is 0.562. The SMILES string of the molecule is COC1CN(CCC[O])C1. The van der Waals surface area contributed by atoms with E-state index in [1.807, 2.05) is 0 Å². The third kappa shape index (κ3) is 1.94. The molecule has 0 saturated carbocycles. The average molecular weight is 144 g/mol. The molecule has 1 fully saturated rings. The van der Waals surface area contributed by atoms with Crippen molar-refractivity contribution in [3.05, 3.63) is 0 Å².